The molecule has 2 aromatic carbocycles. The minimum atomic E-state index is -0.647. The number of halogens is 2. The third-order valence-corrected chi connectivity index (χ3v) is 3.43. The number of benzene rings is 2. The second kappa shape index (κ2) is 7.72. The average Bonchev–Trinajstić information content (AvgIpc) is 3.08. The van der Waals surface area contributed by atoms with Gasteiger partial charge in [-0.1, -0.05) is 47.1 Å². The van der Waals surface area contributed by atoms with E-state index in [1.165, 1.54) is 12.1 Å². The number of hydrogen-bond acceptors (Lipinski definition) is 5. The predicted octanol–water partition coefficient (Wildman–Crippen LogP) is 4.29. The Hall–Kier alpha value is -2.99. The lowest BCUT2D eigenvalue weighted by atomic mass is 10.2. The lowest BCUT2D eigenvalue weighted by molar-refractivity contribution is -0.139. The molecule has 126 valence electrons. The first-order chi connectivity index (χ1) is 12.1. The van der Waals surface area contributed by atoms with E-state index < -0.39 is 11.8 Å². The summed E-state index contributed by atoms with van der Waals surface area (Å²) < 4.78 is 23.5. The minimum Gasteiger partial charge on any atom is -0.452 e. The summed E-state index contributed by atoms with van der Waals surface area (Å²) in [6.07, 6.45) is 2.47. The van der Waals surface area contributed by atoms with Crippen LogP contribution in [0.4, 0.5) is 4.39 Å². The molecule has 1 heterocycles. The third-order valence-electron chi connectivity index (χ3n) is 3.19. The molecule has 0 spiro atoms. The molecule has 25 heavy (non-hydrogen) atoms. The van der Waals surface area contributed by atoms with Gasteiger partial charge in [-0.15, -0.1) is 0 Å². The zero-order valence-electron chi connectivity index (χ0n) is 12.9. The van der Waals surface area contributed by atoms with E-state index in [1.54, 1.807) is 42.5 Å². The molecule has 0 N–H and O–H groups in total. The average molecular weight is 359 g/mol. The van der Waals surface area contributed by atoms with Crippen LogP contribution in [0.15, 0.2) is 59.1 Å². The Morgan fingerprint density at radius 3 is 2.88 bits per heavy atom. The molecule has 0 radical (unpaired) electrons. The van der Waals surface area contributed by atoms with E-state index in [9.17, 15) is 9.18 Å². The standard InChI is InChI=1S/C18H12ClFN2O3/c19-14-6-3-5-13(10-14)18-21-16(25-22-18)11-24-17(23)9-8-12-4-1-2-7-15(12)20/h1-10H,11H2/b9-8+. The number of carbonyl (C=O) groups excluding carboxylic acids is 1. The fourth-order valence-electron chi connectivity index (χ4n) is 2.01. The number of hydrogen-bond donors (Lipinski definition) is 0. The molecular weight excluding hydrogens is 347 g/mol. The lowest BCUT2D eigenvalue weighted by Crippen LogP contribution is -2.01. The van der Waals surface area contributed by atoms with Crippen LogP contribution in [-0.2, 0) is 16.1 Å². The van der Waals surface area contributed by atoms with Gasteiger partial charge in [0.05, 0.1) is 0 Å². The van der Waals surface area contributed by atoms with Gasteiger partial charge in [0.15, 0.2) is 6.61 Å². The Morgan fingerprint density at radius 2 is 2.08 bits per heavy atom. The van der Waals surface area contributed by atoms with Crippen LogP contribution in [0.1, 0.15) is 11.5 Å². The van der Waals surface area contributed by atoms with E-state index >= 15 is 0 Å². The third kappa shape index (κ3) is 4.51. The number of aromatic nitrogens is 2. The maximum Gasteiger partial charge on any atom is 0.331 e. The molecule has 0 saturated heterocycles. The highest BCUT2D eigenvalue weighted by Crippen LogP contribution is 2.20. The van der Waals surface area contributed by atoms with Crippen molar-refractivity contribution in [1.82, 2.24) is 10.1 Å². The first kappa shape index (κ1) is 16.9. The zero-order valence-corrected chi connectivity index (χ0v) is 13.6. The van der Waals surface area contributed by atoms with Gasteiger partial charge in [-0.2, -0.15) is 4.98 Å². The number of carbonyl (C=O) groups is 1. The molecule has 0 aliphatic carbocycles. The van der Waals surface area contributed by atoms with Gasteiger partial charge < -0.3 is 9.26 Å². The van der Waals surface area contributed by atoms with Crippen LogP contribution in [0.25, 0.3) is 17.5 Å². The topological polar surface area (TPSA) is 65.2 Å². The molecule has 0 aliphatic rings. The van der Waals surface area contributed by atoms with Crippen LogP contribution < -0.4 is 0 Å². The Morgan fingerprint density at radius 1 is 1.24 bits per heavy atom. The van der Waals surface area contributed by atoms with Crippen molar-refractivity contribution in [2.24, 2.45) is 0 Å². The van der Waals surface area contributed by atoms with Crippen molar-refractivity contribution in [3.63, 3.8) is 0 Å². The van der Waals surface area contributed by atoms with E-state index in [4.69, 9.17) is 20.9 Å². The summed E-state index contributed by atoms with van der Waals surface area (Å²) in [7, 11) is 0. The summed E-state index contributed by atoms with van der Waals surface area (Å²) in [5.41, 5.74) is 0.980. The Balaban J connectivity index is 1.59. The molecule has 0 saturated carbocycles. The quantitative estimate of drug-likeness (QED) is 0.503. The molecular formula is C18H12ClFN2O3. The Labute approximate surface area is 147 Å². The Kier molecular flexibility index (Phi) is 5.20. The zero-order chi connectivity index (χ0) is 17.6. The summed E-state index contributed by atoms with van der Waals surface area (Å²) in [5, 5.41) is 4.36. The highest BCUT2D eigenvalue weighted by molar-refractivity contribution is 6.30. The van der Waals surface area contributed by atoms with Crippen molar-refractivity contribution < 1.29 is 18.4 Å². The second-order valence-corrected chi connectivity index (χ2v) is 5.42. The summed E-state index contributed by atoms with van der Waals surface area (Å²) in [5.74, 6) is -0.585. The fourth-order valence-corrected chi connectivity index (χ4v) is 2.20. The van der Waals surface area contributed by atoms with E-state index in [0.717, 1.165) is 6.08 Å². The molecule has 5 nitrogen and oxygen atoms in total. The van der Waals surface area contributed by atoms with Gasteiger partial charge >= 0.3 is 5.97 Å². The SMILES string of the molecule is O=C(/C=C/c1ccccc1F)OCc1nc(-c2cccc(Cl)c2)no1. The van der Waals surface area contributed by atoms with E-state index in [2.05, 4.69) is 10.1 Å². The van der Waals surface area contributed by atoms with Gasteiger partial charge in [0.25, 0.3) is 5.89 Å². The summed E-state index contributed by atoms with van der Waals surface area (Å²) in [6, 6.07) is 13.1. The monoisotopic (exact) mass is 358 g/mol. The first-order valence-corrected chi connectivity index (χ1v) is 7.67. The van der Waals surface area contributed by atoms with Crippen LogP contribution in [-0.4, -0.2) is 16.1 Å². The van der Waals surface area contributed by atoms with Crippen molar-refractivity contribution in [3.05, 3.63) is 76.9 Å². The van der Waals surface area contributed by atoms with Crippen LogP contribution in [0.3, 0.4) is 0 Å². The van der Waals surface area contributed by atoms with Crippen molar-refractivity contribution in [2.45, 2.75) is 6.61 Å². The van der Waals surface area contributed by atoms with E-state index in [-0.39, 0.29) is 12.5 Å². The van der Waals surface area contributed by atoms with Crippen molar-refractivity contribution in [1.29, 1.82) is 0 Å². The van der Waals surface area contributed by atoms with E-state index in [0.29, 0.717) is 22.0 Å². The molecule has 0 atom stereocenters. The van der Waals surface area contributed by atoms with Crippen molar-refractivity contribution in [3.8, 4) is 11.4 Å². The number of esters is 1. The molecule has 0 amide bonds. The molecule has 3 aromatic rings. The molecule has 0 fully saturated rings. The second-order valence-electron chi connectivity index (χ2n) is 4.98. The molecule has 0 unspecified atom stereocenters. The summed E-state index contributed by atoms with van der Waals surface area (Å²) >= 11 is 5.91. The van der Waals surface area contributed by atoms with Gasteiger partial charge in [-0.3, -0.25) is 0 Å². The first-order valence-electron chi connectivity index (χ1n) is 7.30. The molecule has 0 bridgehead atoms. The largest absolute Gasteiger partial charge is 0.452 e. The van der Waals surface area contributed by atoms with Crippen molar-refractivity contribution in [2.75, 3.05) is 0 Å². The van der Waals surface area contributed by atoms with Crippen LogP contribution in [0.2, 0.25) is 5.02 Å². The van der Waals surface area contributed by atoms with Crippen molar-refractivity contribution >= 4 is 23.6 Å². The minimum absolute atomic E-state index is 0.141. The van der Waals surface area contributed by atoms with Gasteiger partial charge in [-0.25, -0.2) is 9.18 Å². The Bertz CT molecular complexity index is 924. The predicted molar refractivity (Wildman–Crippen MR) is 90.0 cm³/mol. The molecule has 1 aromatic heterocycles. The van der Waals surface area contributed by atoms with E-state index in [1.807, 2.05) is 0 Å². The molecule has 0 aliphatic heterocycles. The number of rotatable bonds is 5. The highest BCUT2D eigenvalue weighted by atomic mass is 35.5. The molecule has 7 heteroatoms. The highest BCUT2D eigenvalue weighted by Gasteiger charge is 2.10. The fraction of sp³-hybridized carbons (Fsp3) is 0.0556. The number of ether oxygens (including phenoxy) is 1. The maximum atomic E-state index is 13.4. The number of nitrogens with zero attached hydrogens (tertiary/aromatic N) is 2. The van der Waals surface area contributed by atoms with Crippen LogP contribution >= 0.6 is 11.6 Å². The van der Waals surface area contributed by atoms with Gasteiger partial charge in [-0.05, 0) is 24.3 Å². The van der Waals surface area contributed by atoms with Crippen LogP contribution in [0, 0.1) is 5.82 Å². The summed E-state index contributed by atoms with van der Waals surface area (Å²) in [4.78, 5) is 15.8. The smallest absolute Gasteiger partial charge is 0.331 e. The lowest BCUT2D eigenvalue weighted by Gasteiger charge is -1.97. The van der Waals surface area contributed by atoms with Gasteiger partial charge in [0, 0.05) is 22.2 Å². The van der Waals surface area contributed by atoms with Gasteiger partial charge in [0.1, 0.15) is 5.82 Å². The normalized spacial score (nSPS) is 11.0. The summed E-state index contributed by atoms with van der Waals surface area (Å²) in [6.45, 7) is -0.186. The van der Waals surface area contributed by atoms with Crippen LogP contribution in [0.5, 0.6) is 0 Å². The molecule has 3 rings (SSSR count). The maximum absolute atomic E-state index is 13.4. The van der Waals surface area contributed by atoms with Gasteiger partial charge in [0.2, 0.25) is 5.82 Å².